The second kappa shape index (κ2) is 25.1. The first-order valence-electron chi connectivity index (χ1n) is 34.1. The van der Waals surface area contributed by atoms with Crippen molar-refractivity contribution in [3.05, 3.63) is 336 Å². The molecule has 3 aliphatic rings. The Labute approximate surface area is 549 Å². The predicted molar refractivity (Wildman–Crippen MR) is 396 cm³/mol. The molecular formula is C91H78N2. The molecule has 0 saturated heterocycles. The summed E-state index contributed by atoms with van der Waals surface area (Å²) in [5.74, 6) is 0. The molecule has 452 valence electrons. The molecule has 3 aliphatic carbocycles. The minimum absolute atomic E-state index is 0.254. The SMILES string of the molecule is C=Cc1ccc(-c2ccc3c(c2)c2cc(-c4ccc(C=C)cc4)ccc2n3-c2ccc3c(c2)C(CCCCCc2ccc4c(c2)CC4)(CCCCCc2ccc4c(c2)CC4)c2cc(N(c4ccc(-c5ccccc5)cc4)c4ccc(-c5ccccc5)cc4)ccc2-3)cc1. The third-order valence-corrected chi connectivity index (χ3v) is 21.0. The summed E-state index contributed by atoms with van der Waals surface area (Å²) in [6, 6.07) is 102. The van der Waals surface area contributed by atoms with Crippen LogP contribution in [0, 0.1) is 0 Å². The second-order valence-electron chi connectivity index (χ2n) is 26.5. The van der Waals surface area contributed by atoms with Crippen molar-refractivity contribution in [2.75, 3.05) is 4.90 Å². The minimum atomic E-state index is -0.254. The molecule has 0 unspecified atom stereocenters. The van der Waals surface area contributed by atoms with Gasteiger partial charge in [-0.15, -0.1) is 0 Å². The van der Waals surface area contributed by atoms with Crippen LogP contribution >= 0.6 is 0 Å². The summed E-state index contributed by atoms with van der Waals surface area (Å²) in [6.45, 7) is 8.09. The zero-order valence-corrected chi connectivity index (χ0v) is 53.3. The molecule has 16 rings (SSSR count). The lowest BCUT2D eigenvalue weighted by atomic mass is 9.70. The van der Waals surface area contributed by atoms with Crippen LogP contribution in [-0.2, 0) is 43.9 Å². The molecule has 0 bridgehead atoms. The van der Waals surface area contributed by atoms with Crippen LogP contribution in [0.5, 0.6) is 0 Å². The summed E-state index contributed by atoms with van der Waals surface area (Å²) in [5.41, 5.74) is 33.6. The van der Waals surface area contributed by atoms with Crippen molar-refractivity contribution in [2.24, 2.45) is 0 Å². The van der Waals surface area contributed by atoms with Crippen molar-refractivity contribution in [3.63, 3.8) is 0 Å². The maximum absolute atomic E-state index is 4.05. The molecule has 0 atom stereocenters. The van der Waals surface area contributed by atoms with E-state index < -0.39 is 0 Å². The lowest BCUT2D eigenvalue weighted by molar-refractivity contribution is 0.402. The van der Waals surface area contributed by atoms with Gasteiger partial charge in [0.2, 0.25) is 0 Å². The Morgan fingerprint density at radius 1 is 0.333 bits per heavy atom. The number of nitrogens with zero attached hydrogens (tertiary/aromatic N) is 2. The first-order valence-corrected chi connectivity index (χ1v) is 34.1. The van der Waals surface area contributed by atoms with Crippen molar-refractivity contribution in [3.8, 4) is 61.3 Å². The standard InChI is InChI=1S/C91H78N2/c1-3-63-23-29-71(30-24-63)77-43-53-89-85(59-77)86-60-78(72-31-25-64(4-2)26-32-72)44-54-90(86)93(89)82-50-52-84-83-51-49-81(92(79-45-39-69(40-46-79)67-19-11-5-12-20-67)80-47-41-70(42-48-80)68-21-13-6-14-22-68)61-87(83)91(88(84)62-82,55-15-7-9-17-65-27-33-73-35-37-75(73)57-65)56-16-8-10-18-66-28-34-74-36-38-76(74)58-66/h3-6,11-14,19-34,39-54,57-62H,1-2,7-10,15-18,35-38,55-56H2. The normalized spacial score (nSPS) is 13.2. The van der Waals surface area contributed by atoms with E-state index in [4.69, 9.17) is 0 Å². The van der Waals surface area contributed by atoms with E-state index in [1.165, 1.54) is 162 Å². The Bertz CT molecular complexity index is 4650. The van der Waals surface area contributed by atoms with E-state index in [9.17, 15) is 0 Å². The number of aromatic nitrogens is 1. The number of anilines is 3. The van der Waals surface area contributed by atoms with E-state index in [0.717, 1.165) is 61.0 Å². The average Bonchev–Trinajstić information content (AvgIpc) is 1.64. The van der Waals surface area contributed by atoms with Gasteiger partial charge in [-0.1, -0.05) is 245 Å². The van der Waals surface area contributed by atoms with E-state index in [2.05, 4.69) is 290 Å². The first kappa shape index (κ1) is 57.8. The zero-order valence-electron chi connectivity index (χ0n) is 53.3. The third-order valence-electron chi connectivity index (χ3n) is 21.0. The number of hydrogen-bond acceptors (Lipinski definition) is 1. The molecule has 12 aromatic carbocycles. The number of hydrogen-bond donors (Lipinski definition) is 0. The fraction of sp³-hybridized carbons (Fsp3) is 0.165. The summed E-state index contributed by atoms with van der Waals surface area (Å²) < 4.78 is 2.57. The van der Waals surface area contributed by atoms with Crippen molar-refractivity contribution in [2.45, 2.75) is 95.3 Å². The number of aryl methyl sites for hydroxylation is 6. The minimum Gasteiger partial charge on any atom is -0.310 e. The van der Waals surface area contributed by atoms with Crippen molar-refractivity contribution >= 4 is 51.0 Å². The number of fused-ring (bicyclic) bond motifs is 8. The Hall–Kier alpha value is -10.3. The van der Waals surface area contributed by atoms with E-state index >= 15 is 0 Å². The third kappa shape index (κ3) is 11.2. The monoisotopic (exact) mass is 1200 g/mol. The quantitative estimate of drug-likeness (QED) is 0.0614. The smallest absolute Gasteiger partial charge is 0.0541 e. The van der Waals surface area contributed by atoms with Crippen LogP contribution < -0.4 is 4.90 Å². The molecule has 2 heteroatoms. The average molecular weight is 1200 g/mol. The van der Waals surface area contributed by atoms with Gasteiger partial charge in [0.05, 0.1) is 11.0 Å². The number of rotatable bonds is 22. The van der Waals surface area contributed by atoms with Gasteiger partial charge >= 0.3 is 0 Å². The molecule has 0 amide bonds. The van der Waals surface area contributed by atoms with Crippen LogP contribution in [0.25, 0.3) is 95.3 Å². The van der Waals surface area contributed by atoms with Crippen molar-refractivity contribution in [1.29, 1.82) is 0 Å². The molecular weight excluding hydrogens is 1120 g/mol. The first-order chi connectivity index (χ1) is 45.9. The van der Waals surface area contributed by atoms with E-state index in [1.807, 2.05) is 12.2 Å². The van der Waals surface area contributed by atoms with Crippen molar-refractivity contribution < 1.29 is 0 Å². The van der Waals surface area contributed by atoms with Gasteiger partial charge in [-0.3, -0.25) is 0 Å². The molecule has 1 aromatic heterocycles. The number of unbranched alkanes of at least 4 members (excludes halogenated alkanes) is 4. The summed E-state index contributed by atoms with van der Waals surface area (Å²) in [6.07, 6.45) is 20.2. The van der Waals surface area contributed by atoms with Gasteiger partial charge in [-0.25, -0.2) is 0 Å². The fourth-order valence-corrected chi connectivity index (χ4v) is 15.7. The summed E-state index contributed by atoms with van der Waals surface area (Å²) in [5, 5.41) is 2.49. The molecule has 0 radical (unpaired) electrons. The lowest BCUT2D eigenvalue weighted by Crippen LogP contribution is -2.26. The molecule has 13 aromatic rings. The van der Waals surface area contributed by atoms with Crippen LogP contribution in [0.3, 0.4) is 0 Å². The zero-order chi connectivity index (χ0) is 62.2. The highest BCUT2D eigenvalue weighted by atomic mass is 15.1. The lowest BCUT2D eigenvalue weighted by Gasteiger charge is -2.34. The van der Waals surface area contributed by atoms with Crippen LogP contribution in [0.15, 0.2) is 280 Å². The van der Waals surface area contributed by atoms with Crippen LogP contribution in [0.2, 0.25) is 0 Å². The topological polar surface area (TPSA) is 8.17 Å². The molecule has 93 heavy (non-hydrogen) atoms. The van der Waals surface area contributed by atoms with Gasteiger partial charge < -0.3 is 9.47 Å². The molecule has 0 aliphatic heterocycles. The fourth-order valence-electron chi connectivity index (χ4n) is 15.7. The van der Waals surface area contributed by atoms with Gasteiger partial charge in [0.15, 0.2) is 0 Å². The summed E-state index contributed by atoms with van der Waals surface area (Å²) in [4.78, 5) is 2.51. The second-order valence-corrected chi connectivity index (χ2v) is 26.5. The maximum Gasteiger partial charge on any atom is 0.0541 e. The Balaban J connectivity index is 0.842. The highest BCUT2D eigenvalue weighted by molar-refractivity contribution is 6.12. The summed E-state index contributed by atoms with van der Waals surface area (Å²) in [7, 11) is 0. The highest BCUT2D eigenvalue weighted by Gasteiger charge is 2.43. The Morgan fingerprint density at radius 2 is 0.742 bits per heavy atom. The Morgan fingerprint density at radius 3 is 1.19 bits per heavy atom. The highest BCUT2D eigenvalue weighted by Crippen LogP contribution is 2.57. The molecule has 0 N–H and O–H groups in total. The maximum atomic E-state index is 4.05. The van der Waals surface area contributed by atoms with Crippen LogP contribution in [-0.4, -0.2) is 4.57 Å². The molecule has 0 saturated carbocycles. The van der Waals surface area contributed by atoms with Crippen LogP contribution in [0.4, 0.5) is 17.1 Å². The summed E-state index contributed by atoms with van der Waals surface area (Å²) >= 11 is 0. The molecule has 1 heterocycles. The molecule has 0 spiro atoms. The molecule has 2 nitrogen and oxygen atoms in total. The van der Waals surface area contributed by atoms with Crippen LogP contribution in [0.1, 0.15) is 107 Å². The van der Waals surface area contributed by atoms with Gasteiger partial charge in [-0.05, 0) is 248 Å². The molecule has 0 fully saturated rings. The Kier molecular flexibility index (Phi) is 15.6. The van der Waals surface area contributed by atoms with Gasteiger partial charge in [0, 0.05) is 38.9 Å². The van der Waals surface area contributed by atoms with E-state index in [1.54, 1.807) is 22.3 Å². The van der Waals surface area contributed by atoms with E-state index in [-0.39, 0.29) is 5.41 Å². The van der Waals surface area contributed by atoms with Gasteiger partial charge in [-0.2, -0.15) is 0 Å². The van der Waals surface area contributed by atoms with E-state index in [0.29, 0.717) is 0 Å². The van der Waals surface area contributed by atoms with Gasteiger partial charge in [0.1, 0.15) is 0 Å². The predicted octanol–water partition coefficient (Wildman–Crippen LogP) is 24.3. The van der Waals surface area contributed by atoms with Crippen molar-refractivity contribution in [1.82, 2.24) is 4.57 Å². The van der Waals surface area contributed by atoms with Gasteiger partial charge in [0.25, 0.3) is 0 Å². The number of benzene rings is 12. The largest absolute Gasteiger partial charge is 0.310 e.